The molecule has 2 heterocycles. The van der Waals surface area contributed by atoms with Gasteiger partial charge in [0.1, 0.15) is 0 Å². The standard InChI is InChI=1S/C20H27N5O/c1-14-2-7-18-17(12-14)19(26)23-20(22-18)25-10-8-24(9-11-25)13-15-3-5-16(21)6-4-15/h3-6,14H,2,7-13,21H2,1H3,(H,22,23,26). The van der Waals surface area contributed by atoms with Crippen LogP contribution >= 0.6 is 0 Å². The van der Waals surface area contributed by atoms with E-state index in [1.54, 1.807) is 0 Å². The molecule has 0 bridgehead atoms. The van der Waals surface area contributed by atoms with Crippen LogP contribution in [-0.4, -0.2) is 41.0 Å². The SMILES string of the molecule is CC1CCc2nc(N3CCN(Cc4ccc(N)cc4)CC3)[nH]c(=O)c2C1. The number of piperazine rings is 1. The van der Waals surface area contributed by atoms with E-state index in [0.29, 0.717) is 5.92 Å². The van der Waals surface area contributed by atoms with Crippen LogP contribution in [0.4, 0.5) is 11.6 Å². The van der Waals surface area contributed by atoms with Gasteiger partial charge in [-0.05, 0) is 42.9 Å². The lowest BCUT2D eigenvalue weighted by Gasteiger charge is -2.35. The monoisotopic (exact) mass is 353 g/mol. The number of nitrogen functional groups attached to an aromatic ring is 1. The Balaban J connectivity index is 1.41. The van der Waals surface area contributed by atoms with E-state index >= 15 is 0 Å². The van der Waals surface area contributed by atoms with Gasteiger partial charge in [-0.15, -0.1) is 0 Å². The Labute approximate surface area is 154 Å². The Hall–Kier alpha value is -2.34. The maximum absolute atomic E-state index is 12.5. The highest BCUT2D eigenvalue weighted by molar-refractivity contribution is 5.39. The van der Waals surface area contributed by atoms with Crippen molar-refractivity contribution < 1.29 is 0 Å². The van der Waals surface area contributed by atoms with E-state index in [0.717, 1.165) is 74.9 Å². The van der Waals surface area contributed by atoms with Gasteiger partial charge in [-0.3, -0.25) is 14.7 Å². The fourth-order valence-corrected chi connectivity index (χ4v) is 3.93. The topological polar surface area (TPSA) is 78.2 Å². The van der Waals surface area contributed by atoms with E-state index in [1.165, 1.54) is 5.56 Å². The van der Waals surface area contributed by atoms with Crippen molar-refractivity contribution in [2.24, 2.45) is 5.92 Å². The zero-order valence-electron chi connectivity index (χ0n) is 15.4. The summed E-state index contributed by atoms with van der Waals surface area (Å²) in [6.45, 7) is 6.82. The Bertz CT molecular complexity index is 821. The Morgan fingerprint density at radius 1 is 1.19 bits per heavy atom. The number of benzene rings is 1. The molecule has 1 atom stereocenters. The van der Waals surface area contributed by atoms with E-state index in [2.05, 4.69) is 33.8 Å². The molecule has 1 aliphatic heterocycles. The van der Waals surface area contributed by atoms with Crippen molar-refractivity contribution in [3.8, 4) is 0 Å². The molecule has 138 valence electrons. The van der Waals surface area contributed by atoms with E-state index in [4.69, 9.17) is 10.7 Å². The largest absolute Gasteiger partial charge is 0.399 e. The number of hydrogen-bond acceptors (Lipinski definition) is 5. The molecule has 1 aromatic carbocycles. The number of hydrogen-bond donors (Lipinski definition) is 2. The van der Waals surface area contributed by atoms with Gasteiger partial charge < -0.3 is 10.6 Å². The average molecular weight is 353 g/mol. The average Bonchev–Trinajstić information content (AvgIpc) is 2.65. The number of anilines is 2. The van der Waals surface area contributed by atoms with Crippen molar-refractivity contribution >= 4 is 11.6 Å². The van der Waals surface area contributed by atoms with Gasteiger partial charge in [0.2, 0.25) is 5.95 Å². The van der Waals surface area contributed by atoms with E-state index in [9.17, 15) is 4.79 Å². The zero-order chi connectivity index (χ0) is 18.1. The lowest BCUT2D eigenvalue weighted by atomic mass is 9.89. The van der Waals surface area contributed by atoms with Crippen molar-refractivity contribution in [2.45, 2.75) is 32.7 Å². The molecule has 1 unspecified atom stereocenters. The second kappa shape index (κ2) is 7.11. The fraction of sp³-hybridized carbons (Fsp3) is 0.500. The van der Waals surface area contributed by atoms with Crippen molar-refractivity contribution in [2.75, 3.05) is 36.8 Å². The molecule has 0 spiro atoms. The summed E-state index contributed by atoms with van der Waals surface area (Å²) in [6, 6.07) is 8.08. The van der Waals surface area contributed by atoms with Crippen LogP contribution in [0, 0.1) is 5.92 Å². The number of nitrogens with two attached hydrogens (primary N) is 1. The third-order valence-corrected chi connectivity index (χ3v) is 5.57. The lowest BCUT2D eigenvalue weighted by molar-refractivity contribution is 0.248. The smallest absolute Gasteiger partial charge is 0.255 e. The molecule has 3 N–H and O–H groups in total. The molecule has 1 fully saturated rings. The number of H-pyrrole nitrogens is 1. The number of nitrogens with zero attached hydrogens (tertiary/aromatic N) is 3. The second-order valence-corrected chi connectivity index (χ2v) is 7.67. The van der Waals surface area contributed by atoms with Gasteiger partial charge in [0.25, 0.3) is 5.56 Å². The Kier molecular flexibility index (Phi) is 4.68. The van der Waals surface area contributed by atoms with E-state index in [-0.39, 0.29) is 5.56 Å². The predicted octanol–water partition coefficient (Wildman–Crippen LogP) is 1.80. The molecule has 1 aliphatic carbocycles. The van der Waals surface area contributed by atoms with Gasteiger partial charge in [0, 0.05) is 44.0 Å². The minimum atomic E-state index is 0.0563. The first kappa shape index (κ1) is 17.1. The molecule has 0 radical (unpaired) electrons. The van der Waals surface area contributed by atoms with E-state index in [1.807, 2.05) is 12.1 Å². The normalized spacial score (nSPS) is 20.8. The minimum Gasteiger partial charge on any atom is -0.399 e. The highest BCUT2D eigenvalue weighted by Gasteiger charge is 2.23. The summed E-state index contributed by atoms with van der Waals surface area (Å²) in [5.41, 5.74) is 9.80. The third-order valence-electron chi connectivity index (χ3n) is 5.57. The summed E-state index contributed by atoms with van der Waals surface area (Å²) < 4.78 is 0. The first-order chi connectivity index (χ1) is 12.6. The molecule has 6 heteroatoms. The van der Waals surface area contributed by atoms with Crippen LogP contribution in [0.2, 0.25) is 0 Å². The molecule has 1 saturated heterocycles. The highest BCUT2D eigenvalue weighted by atomic mass is 16.1. The maximum Gasteiger partial charge on any atom is 0.255 e. The zero-order valence-corrected chi connectivity index (χ0v) is 15.4. The van der Waals surface area contributed by atoms with Crippen LogP contribution in [0.15, 0.2) is 29.1 Å². The number of aromatic nitrogens is 2. The van der Waals surface area contributed by atoms with Crippen LogP contribution in [0.1, 0.15) is 30.2 Å². The van der Waals surface area contributed by atoms with Gasteiger partial charge in [-0.2, -0.15) is 0 Å². The molecule has 4 rings (SSSR count). The molecule has 6 nitrogen and oxygen atoms in total. The number of aryl methyl sites for hydroxylation is 1. The maximum atomic E-state index is 12.5. The molecule has 2 aliphatic rings. The van der Waals surface area contributed by atoms with Crippen LogP contribution in [0.5, 0.6) is 0 Å². The summed E-state index contributed by atoms with van der Waals surface area (Å²) >= 11 is 0. The second-order valence-electron chi connectivity index (χ2n) is 7.67. The molecule has 26 heavy (non-hydrogen) atoms. The van der Waals surface area contributed by atoms with Gasteiger partial charge in [-0.1, -0.05) is 19.1 Å². The summed E-state index contributed by atoms with van der Waals surface area (Å²) in [4.78, 5) is 24.9. The molecular weight excluding hydrogens is 326 g/mol. The highest BCUT2D eigenvalue weighted by Crippen LogP contribution is 2.23. The van der Waals surface area contributed by atoms with Crippen molar-refractivity contribution in [1.29, 1.82) is 0 Å². The first-order valence-corrected chi connectivity index (χ1v) is 9.52. The number of aromatic amines is 1. The van der Waals surface area contributed by atoms with Gasteiger partial charge in [-0.25, -0.2) is 4.98 Å². The van der Waals surface area contributed by atoms with E-state index < -0.39 is 0 Å². The number of nitrogens with one attached hydrogen (secondary N) is 1. The van der Waals surface area contributed by atoms with Crippen LogP contribution in [-0.2, 0) is 19.4 Å². The Morgan fingerprint density at radius 2 is 1.92 bits per heavy atom. The molecule has 2 aromatic rings. The van der Waals surface area contributed by atoms with Gasteiger partial charge in [0.05, 0.1) is 5.69 Å². The number of fused-ring (bicyclic) bond motifs is 1. The summed E-state index contributed by atoms with van der Waals surface area (Å²) in [6.07, 6.45) is 2.90. The predicted molar refractivity (Wildman–Crippen MR) is 104 cm³/mol. The third kappa shape index (κ3) is 3.60. The summed E-state index contributed by atoms with van der Waals surface area (Å²) in [5.74, 6) is 1.32. The van der Waals surface area contributed by atoms with Crippen LogP contribution < -0.4 is 16.2 Å². The summed E-state index contributed by atoms with van der Waals surface area (Å²) in [7, 11) is 0. The lowest BCUT2D eigenvalue weighted by Crippen LogP contribution is -2.47. The quantitative estimate of drug-likeness (QED) is 0.823. The minimum absolute atomic E-state index is 0.0563. The fourth-order valence-electron chi connectivity index (χ4n) is 3.93. The first-order valence-electron chi connectivity index (χ1n) is 9.52. The van der Waals surface area contributed by atoms with Crippen molar-refractivity contribution in [3.05, 3.63) is 51.4 Å². The summed E-state index contributed by atoms with van der Waals surface area (Å²) in [5, 5.41) is 0. The Morgan fingerprint density at radius 3 is 2.65 bits per heavy atom. The van der Waals surface area contributed by atoms with Crippen LogP contribution in [0.25, 0.3) is 0 Å². The van der Waals surface area contributed by atoms with Crippen molar-refractivity contribution in [3.63, 3.8) is 0 Å². The number of rotatable bonds is 3. The van der Waals surface area contributed by atoms with Gasteiger partial charge >= 0.3 is 0 Å². The van der Waals surface area contributed by atoms with Crippen molar-refractivity contribution in [1.82, 2.24) is 14.9 Å². The van der Waals surface area contributed by atoms with Gasteiger partial charge in [0.15, 0.2) is 0 Å². The molecule has 0 saturated carbocycles. The molecular formula is C20H27N5O. The van der Waals surface area contributed by atoms with Crippen LogP contribution in [0.3, 0.4) is 0 Å². The molecule has 1 aromatic heterocycles. The molecule has 0 amide bonds.